The normalized spacial score (nSPS) is 18.1. The number of nitrogens with one attached hydrogen (secondary N) is 1. The van der Waals surface area contributed by atoms with Crippen molar-refractivity contribution >= 4 is 11.8 Å². The molecule has 2 heterocycles. The number of pyridine rings is 1. The van der Waals surface area contributed by atoms with E-state index in [4.69, 9.17) is 15.2 Å². The second-order valence-corrected chi connectivity index (χ2v) is 9.03. The zero-order valence-corrected chi connectivity index (χ0v) is 19.9. The van der Waals surface area contributed by atoms with Gasteiger partial charge in [-0.25, -0.2) is 13.8 Å². The van der Waals surface area contributed by atoms with Gasteiger partial charge in [-0.2, -0.15) is 0 Å². The van der Waals surface area contributed by atoms with Crippen LogP contribution in [0.25, 0.3) is 11.3 Å². The van der Waals surface area contributed by atoms with Gasteiger partial charge in [0.1, 0.15) is 34.9 Å². The van der Waals surface area contributed by atoms with Crippen molar-refractivity contribution in [1.82, 2.24) is 10.3 Å². The molecule has 4 N–H and O–H groups in total. The maximum atomic E-state index is 13.7. The first-order chi connectivity index (χ1) is 17.0. The molecule has 0 unspecified atom stereocenters. The van der Waals surface area contributed by atoms with Crippen LogP contribution in [0.1, 0.15) is 35.5 Å². The molecular formula is C26H25F2N3O5. The van der Waals surface area contributed by atoms with E-state index >= 15 is 0 Å². The molecule has 0 aliphatic carbocycles. The summed E-state index contributed by atoms with van der Waals surface area (Å²) >= 11 is 0. The number of nitrogens with two attached hydrogens (primary N) is 1. The Bertz CT molecular complexity index is 1340. The number of aliphatic hydroxyl groups is 1. The number of carbonyl (C=O) groups excluding carboxylic acids is 2. The molecule has 2 aromatic carbocycles. The summed E-state index contributed by atoms with van der Waals surface area (Å²) in [5.74, 6) is -2.03. The Hall–Kier alpha value is -4.05. The minimum atomic E-state index is -1.70. The standard InChI is InChI=1S/C26H25F2N3O5/c1-25(24(29)33)13-36-22-17(25)11-20(31-21(22)14-4-7-16(27)8-5-14)26(2,34)12-30-23(32)15-6-9-18(28)19(10-15)35-3/h4-11,34H,12-13H2,1-3H3,(H2,29,33)(H,30,32)/t25-,26-/m0/s1. The smallest absolute Gasteiger partial charge is 0.251 e. The first-order valence-electron chi connectivity index (χ1n) is 11.0. The minimum absolute atomic E-state index is 0.0255. The summed E-state index contributed by atoms with van der Waals surface area (Å²) in [6.45, 7) is 2.77. The summed E-state index contributed by atoms with van der Waals surface area (Å²) in [7, 11) is 1.28. The fourth-order valence-corrected chi connectivity index (χ4v) is 3.91. The summed E-state index contributed by atoms with van der Waals surface area (Å²) in [6.07, 6.45) is 0. The summed E-state index contributed by atoms with van der Waals surface area (Å²) in [6, 6.07) is 10.7. The molecule has 2 atom stereocenters. The number of carbonyl (C=O) groups is 2. The highest BCUT2D eigenvalue weighted by Crippen LogP contribution is 2.45. The van der Waals surface area contributed by atoms with Gasteiger partial charge < -0.3 is 25.6 Å². The third kappa shape index (κ3) is 4.47. The van der Waals surface area contributed by atoms with Crippen molar-refractivity contribution in [3.63, 3.8) is 0 Å². The van der Waals surface area contributed by atoms with Crippen molar-refractivity contribution in [3.8, 4) is 22.8 Å². The van der Waals surface area contributed by atoms with Crippen molar-refractivity contribution in [2.75, 3.05) is 20.3 Å². The number of amides is 2. The van der Waals surface area contributed by atoms with Gasteiger partial charge in [0.15, 0.2) is 11.6 Å². The monoisotopic (exact) mass is 497 g/mol. The molecule has 1 aliphatic rings. The Kier molecular flexibility index (Phi) is 6.40. The number of benzene rings is 2. The van der Waals surface area contributed by atoms with E-state index in [-0.39, 0.29) is 30.2 Å². The van der Waals surface area contributed by atoms with Crippen molar-refractivity contribution in [3.05, 3.63) is 77.0 Å². The topological polar surface area (TPSA) is 124 Å². The number of aromatic nitrogens is 1. The van der Waals surface area contributed by atoms with Crippen molar-refractivity contribution in [2.45, 2.75) is 24.9 Å². The SMILES string of the molecule is COc1cc(C(=O)NC[C@](C)(O)c2cc3c(c(-c4ccc(F)cc4)n2)OC[C@]3(C)C(N)=O)ccc1F. The Morgan fingerprint density at radius 1 is 1.22 bits per heavy atom. The van der Waals surface area contributed by atoms with Gasteiger partial charge in [0, 0.05) is 16.7 Å². The van der Waals surface area contributed by atoms with Crippen molar-refractivity contribution < 1.29 is 33.0 Å². The molecular weight excluding hydrogens is 472 g/mol. The molecule has 3 aromatic rings. The molecule has 0 saturated heterocycles. The third-order valence-corrected chi connectivity index (χ3v) is 6.29. The van der Waals surface area contributed by atoms with Gasteiger partial charge in [0.2, 0.25) is 5.91 Å². The molecule has 4 rings (SSSR count). The van der Waals surface area contributed by atoms with E-state index in [1.807, 2.05) is 0 Å². The highest BCUT2D eigenvalue weighted by molar-refractivity contribution is 5.94. The average molecular weight is 497 g/mol. The molecule has 2 amide bonds. The predicted octanol–water partition coefficient (Wildman–Crippen LogP) is 2.81. The Morgan fingerprint density at radius 3 is 2.56 bits per heavy atom. The lowest BCUT2D eigenvalue weighted by molar-refractivity contribution is -0.123. The summed E-state index contributed by atoms with van der Waals surface area (Å²) < 4.78 is 37.9. The van der Waals surface area contributed by atoms with Crippen LogP contribution in [0.15, 0.2) is 48.5 Å². The number of ether oxygens (including phenoxy) is 2. The highest BCUT2D eigenvalue weighted by atomic mass is 19.1. The van der Waals surface area contributed by atoms with Gasteiger partial charge in [0.25, 0.3) is 5.91 Å². The van der Waals surface area contributed by atoms with Crippen LogP contribution in [-0.2, 0) is 15.8 Å². The summed E-state index contributed by atoms with van der Waals surface area (Å²) in [5.41, 5.74) is 4.26. The average Bonchev–Trinajstić information content (AvgIpc) is 3.21. The Morgan fingerprint density at radius 2 is 1.92 bits per heavy atom. The lowest BCUT2D eigenvalue weighted by atomic mass is 9.82. The zero-order chi connectivity index (χ0) is 26.3. The lowest BCUT2D eigenvalue weighted by Gasteiger charge is -2.26. The van der Waals surface area contributed by atoms with E-state index in [1.54, 1.807) is 6.92 Å². The van der Waals surface area contributed by atoms with Gasteiger partial charge in [-0.1, -0.05) is 0 Å². The van der Waals surface area contributed by atoms with Gasteiger partial charge in [-0.15, -0.1) is 0 Å². The van der Waals surface area contributed by atoms with Crippen LogP contribution in [0, 0.1) is 11.6 Å². The second kappa shape index (κ2) is 9.19. The van der Waals surface area contributed by atoms with Crippen LogP contribution in [0.3, 0.4) is 0 Å². The maximum absolute atomic E-state index is 13.7. The van der Waals surface area contributed by atoms with Gasteiger partial charge in [-0.05, 0) is 62.4 Å². The van der Waals surface area contributed by atoms with Crippen molar-refractivity contribution in [1.29, 1.82) is 0 Å². The quantitative estimate of drug-likeness (QED) is 0.461. The predicted molar refractivity (Wildman–Crippen MR) is 127 cm³/mol. The van der Waals surface area contributed by atoms with E-state index in [1.165, 1.54) is 56.5 Å². The molecule has 188 valence electrons. The zero-order valence-electron chi connectivity index (χ0n) is 19.9. The molecule has 1 aromatic heterocycles. The Labute approximate surface area is 206 Å². The van der Waals surface area contributed by atoms with E-state index in [9.17, 15) is 23.5 Å². The molecule has 8 nitrogen and oxygen atoms in total. The van der Waals surface area contributed by atoms with Gasteiger partial charge >= 0.3 is 0 Å². The van der Waals surface area contributed by atoms with Crippen LogP contribution in [0.5, 0.6) is 11.5 Å². The van der Waals surface area contributed by atoms with Crippen molar-refractivity contribution in [2.24, 2.45) is 5.73 Å². The second-order valence-electron chi connectivity index (χ2n) is 9.03. The van der Waals surface area contributed by atoms with Crippen LogP contribution in [0.4, 0.5) is 8.78 Å². The molecule has 36 heavy (non-hydrogen) atoms. The minimum Gasteiger partial charge on any atom is -0.494 e. The van der Waals surface area contributed by atoms with Gasteiger partial charge in [0.05, 0.1) is 19.3 Å². The molecule has 1 aliphatic heterocycles. The molecule has 0 saturated carbocycles. The molecule has 0 spiro atoms. The Balaban J connectivity index is 1.70. The number of hydrogen-bond acceptors (Lipinski definition) is 6. The lowest BCUT2D eigenvalue weighted by Crippen LogP contribution is -2.41. The number of primary amides is 1. The van der Waals surface area contributed by atoms with E-state index in [0.29, 0.717) is 22.6 Å². The maximum Gasteiger partial charge on any atom is 0.251 e. The van der Waals surface area contributed by atoms with Gasteiger partial charge in [-0.3, -0.25) is 9.59 Å². The number of hydrogen-bond donors (Lipinski definition) is 3. The number of rotatable bonds is 7. The number of halogens is 2. The van der Waals surface area contributed by atoms with Crippen LogP contribution < -0.4 is 20.5 Å². The first-order valence-corrected chi connectivity index (χ1v) is 11.0. The van der Waals surface area contributed by atoms with E-state index in [2.05, 4.69) is 10.3 Å². The molecule has 0 radical (unpaired) electrons. The largest absolute Gasteiger partial charge is 0.494 e. The fraction of sp³-hybridized carbons (Fsp3) is 0.269. The third-order valence-electron chi connectivity index (χ3n) is 6.29. The molecule has 10 heteroatoms. The molecule has 0 bridgehead atoms. The van der Waals surface area contributed by atoms with E-state index < -0.39 is 34.5 Å². The molecule has 0 fully saturated rings. The highest BCUT2D eigenvalue weighted by Gasteiger charge is 2.45. The number of methoxy groups -OCH3 is 1. The van der Waals surface area contributed by atoms with Crippen LogP contribution in [0.2, 0.25) is 0 Å². The summed E-state index contributed by atoms with van der Waals surface area (Å²) in [4.78, 5) is 29.5. The van der Waals surface area contributed by atoms with Crippen LogP contribution in [-0.4, -0.2) is 42.2 Å². The fourth-order valence-electron chi connectivity index (χ4n) is 3.91. The van der Waals surface area contributed by atoms with Crippen LogP contribution >= 0.6 is 0 Å². The summed E-state index contributed by atoms with van der Waals surface area (Å²) in [5, 5.41) is 13.9. The van der Waals surface area contributed by atoms with E-state index in [0.717, 1.165) is 6.07 Å². The number of fused-ring (bicyclic) bond motifs is 1. The number of nitrogens with zero attached hydrogens (tertiary/aromatic N) is 1. The first kappa shape index (κ1) is 25.1.